The molecule has 1 amide bonds. The number of aromatic nitrogens is 3. The van der Waals surface area contributed by atoms with E-state index in [1.807, 2.05) is 41.8 Å². The molecule has 37 heavy (non-hydrogen) atoms. The van der Waals surface area contributed by atoms with E-state index in [2.05, 4.69) is 35.1 Å². The summed E-state index contributed by atoms with van der Waals surface area (Å²) in [6, 6.07) is 8.07. The van der Waals surface area contributed by atoms with E-state index in [1.54, 1.807) is 13.0 Å². The molecule has 1 atom stereocenters. The molecule has 10 heteroatoms. The molecule has 0 fully saturated rings. The van der Waals surface area contributed by atoms with Crippen LogP contribution in [-0.4, -0.2) is 53.1 Å². The number of carbonyl (C=O) groups is 2. The van der Waals surface area contributed by atoms with E-state index in [4.69, 9.17) is 4.74 Å². The van der Waals surface area contributed by atoms with Gasteiger partial charge in [0, 0.05) is 36.8 Å². The fraction of sp³-hybridized carbons (Fsp3) is 0.407. The van der Waals surface area contributed by atoms with Crippen LogP contribution in [0.4, 0.5) is 10.7 Å². The molecular formula is C27H33N5O3S2. The smallest absolute Gasteiger partial charge is 0.341 e. The number of allylic oxidation sites excluding steroid dienone is 1. The quantitative estimate of drug-likeness (QED) is 0.213. The molecule has 1 N–H and O–H groups in total. The number of hydrogen-bond donors (Lipinski definition) is 1. The first-order valence-corrected chi connectivity index (χ1v) is 14.2. The maximum atomic E-state index is 13.0. The number of nitrogens with one attached hydrogen (secondary N) is 1. The summed E-state index contributed by atoms with van der Waals surface area (Å²) in [6.45, 7) is 8.68. The zero-order chi connectivity index (χ0) is 26.5. The van der Waals surface area contributed by atoms with Crippen LogP contribution >= 0.6 is 23.1 Å². The van der Waals surface area contributed by atoms with Gasteiger partial charge in [-0.05, 0) is 49.8 Å². The number of hydrogen-bond acceptors (Lipinski definition) is 8. The molecule has 0 bridgehead atoms. The lowest BCUT2D eigenvalue weighted by molar-refractivity contribution is -0.113. The Balaban J connectivity index is 1.52. The first-order valence-electron chi connectivity index (χ1n) is 12.4. The molecule has 1 unspecified atom stereocenters. The highest BCUT2D eigenvalue weighted by Gasteiger charge is 2.29. The summed E-state index contributed by atoms with van der Waals surface area (Å²) >= 11 is 2.80. The Bertz CT molecular complexity index is 1300. The van der Waals surface area contributed by atoms with Crippen LogP contribution in [-0.2, 0) is 28.9 Å². The average molecular weight is 540 g/mol. The van der Waals surface area contributed by atoms with E-state index in [0.717, 1.165) is 41.9 Å². The SMILES string of the molecule is C=CCn1c(SCC(=O)Nc2sc3c(c2C(=O)OCC)CCC(C)C3)nnc1-c1cccc(N(C)C)c1. The van der Waals surface area contributed by atoms with Crippen LogP contribution in [0.15, 0.2) is 42.1 Å². The van der Waals surface area contributed by atoms with Gasteiger partial charge in [-0.3, -0.25) is 9.36 Å². The van der Waals surface area contributed by atoms with Crippen LogP contribution in [0.25, 0.3) is 11.4 Å². The maximum Gasteiger partial charge on any atom is 0.341 e. The summed E-state index contributed by atoms with van der Waals surface area (Å²) in [5.41, 5.74) is 3.55. The Morgan fingerprint density at radius 3 is 2.89 bits per heavy atom. The zero-order valence-corrected chi connectivity index (χ0v) is 23.4. The second-order valence-electron chi connectivity index (χ2n) is 9.26. The number of carbonyl (C=O) groups excluding carboxylic acids is 2. The van der Waals surface area contributed by atoms with Crippen molar-refractivity contribution in [3.05, 3.63) is 52.9 Å². The molecule has 0 saturated carbocycles. The van der Waals surface area contributed by atoms with Crippen LogP contribution in [0.3, 0.4) is 0 Å². The summed E-state index contributed by atoms with van der Waals surface area (Å²) in [4.78, 5) is 29.0. The fourth-order valence-electron chi connectivity index (χ4n) is 4.38. The van der Waals surface area contributed by atoms with E-state index in [-0.39, 0.29) is 17.6 Å². The highest BCUT2D eigenvalue weighted by Crippen LogP contribution is 2.40. The lowest BCUT2D eigenvalue weighted by Crippen LogP contribution is -2.18. The molecule has 4 rings (SSSR count). The van der Waals surface area contributed by atoms with Crippen molar-refractivity contribution in [3.8, 4) is 11.4 Å². The molecule has 0 aliphatic heterocycles. The van der Waals surface area contributed by atoms with Gasteiger partial charge in [-0.15, -0.1) is 28.1 Å². The third kappa shape index (κ3) is 6.07. The van der Waals surface area contributed by atoms with E-state index >= 15 is 0 Å². The van der Waals surface area contributed by atoms with Crippen LogP contribution in [0.2, 0.25) is 0 Å². The van der Waals surface area contributed by atoms with Crippen molar-refractivity contribution in [2.24, 2.45) is 5.92 Å². The number of esters is 1. The van der Waals surface area contributed by atoms with E-state index in [9.17, 15) is 9.59 Å². The van der Waals surface area contributed by atoms with Crippen LogP contribution in [0.5, 0.6) is 0 Å². The monoisotopic (exact) mass is 539 g/mol. The largest absolute Gasteiger partial charge is 0.462 e. The number of thiophene rings is 1. The summed E-state index contributed by atoms with van der Waals surface area (Å²) in [5.74, 6) is 0.841. The van der Waals surface area contributed by atoms with Gasteiger partial charge >= 0.3 is 5.97 Å². The Kier molecular flexibility index (Phi) is 8.71. The normalized spacial score (nSPS) is 14.6. The van der Waals surface area contributed by atoms with Crippen LogP contribution in [0, 0.1) is 5.92 Å². The molecule has 0 saturated heterocycles. The second-order valence-corrected chi connectivity index (χ2v) is 11.3. The number of rotatable bonds is 10. The highest BCUT2D eigenvalue weighted by atomic mass is 32.2. The van der Waals surface area contributed by atoms with Crippen molar-refractivity contribution in [2.45, 2.75) is 44.8 Å². The molecular weight excluding hydrogens is 506 g/mol. The highest BCUT2D eigenvalue weighted by molar-refractivity contribution is 7.99. The Morgan fingerprint density at radius 1 is 1.35 bits per heavy atom. The van der Waals surface area contributed by atoms with Gasteiger partial charge in [-0.2, -0.15) is 0 Å². The standard InChI is InChI=1S/C27H33N5O3S2/c1-6-13-32-24(18-9-8-10-19(15-18)31(4)5)29-30-27(32)36-16-22(33)28-25-23(26(34)35-7-2)20-12-11-17(3)14-21(20)37-25/h6,8-10,15,17H,1,7,11-14,16H2,2-5H3,(H,28,33). The number of nitrogens with zero attached hydrogens (tertiary/aromatic N) is 4. The Labute approximate surface area is 226 Å². The Hall–Kier alpha value is -3.11. The van der Waals surface area contributed by atoms with Gasteiger partial charge in [-0.1, -0.05) is 36.9 Å². The molecule has 3 aromatic rings. The summed E-state index contributed by atoms with van der Waals surface area (Å²) in [7, 11) is 3.98. The number of anilines is 2. The molecule has 1 aromatic carbocycles. The third-order valence-corrected chi connectivity index (χ3v) is 8.36. The van der Waals surface area contributed by atoms with Gasteiger partial charge < -0.3 is 15.0 Å². The molecule has 8 nitrogen and oxygen atoms in total. The van der Waals surface area contributed by atoms with E-state index in [1.165, 1.54) is 28.0 Å². The maximum absolute atomic E-state index is 13.0. The van der Waals surface area contributed by atoms with Crippen LogP contribution < -0.4 is 10.2 Å². The minimum absolute atomic E-state index is 0.133. The Morgan fingerprint density at radius 2 is 2.16 bits per heavy atom. The van der Waals surface area contributed by atoms with Gasteiger partial charge in [-0.25, -0.2) is 4.79 Å². The van der Waals surface area contributed by atoms with Gasteiger partial charge in [0.1, 0.15) is 5.00 Å². The molecule has 196 valence electrons. The summed E-state index contributed by atoms with van der Waals surface area (Å²) in [6.07, 6.45) is 4.56. The van der Waals surface area contributed by atoms with Crippen molar-refractivity contribution >= 4 is 45.7 Å². The molecule has 2 heterocycles. The lowest BCUT2D eigenvalue weighted by Gasteiger charge is -2.18. The van der Waals surface area contributed by atoms with Crippen molar-refractivity contribution in [2.75, 3.05) is 36.7 Å². The van der Waals surface area contributed by atoms with Crippen molar-refractivity contribution < 1.29 is 14.3 Å². The predicted molar refractivity (Wildman–Crippen MR) is 151 cm³/mol. The van der Waals surface area contributed by atoms with Gasteiger partial charge in [0.05, 0.1) is 17.9 Å². The average Bonchev–Trinajstić information content (AvgIpc) is 3.43. The van der Waals surface area contributed by atoms with Gasteiger partial charge in [0.2, 0.25) is 5.91 Å². The molecule has 1 aliphatic carbocycles. The zero-order valence-electron chi connectivity index (χ0n) is 21.7. The van der Waals surface area contributed by atoms with E-state index < -0.39 is 0 Å². The number of ether oxygens (including phenoxy) is 1. The fourth-order valence-corrected chi connectivity index (χ4v) is 6.54. The van der Waals surface area contributed by atoms with Crippen molar-refractivity contribution in [1.29, 1.82) is 0 Å². The third-order valence-electron chi connectivity index (χ3n) is 6.23. The van der Waals surface area contributed by atoms with Crippen molar-refractivity contribution in [3.63, 3.8) is 0 Å². The first kappa shape index (κ1) is 26.9. The lowest BCUT2D eigenvalue weighted by atomic mass is 9.88. The van der Waals surface area contributed by atoms with Gasteiger partial charge in [0.15, 0.2) is 11.0 Å². The second kappa shape index (κ2) is 12.0. The molecule has 1 aliphatic rings. The van der Waals surface area contributed by atoms with Crippen molar-refractivity contribution in [1.82, 2.24) is 14.8 Å². The minimum atomic E-state index is -0.368. The summed E-state index contributed by atoms with van der Waals surface area (Å²) < 4.78 is 7.27. The molecule has 2 aromatic heterocycles. The number of amides is 1. The molecule has 0 radical (unpaired) electrons. The number of thioether (sulfide) groups is 1. The van der Waals surface area contributed by atoms with E-state index in [0.29, 0.717) is 34.8 Å². The topological polar surface area (TPSA) is 89.3 Å². The number of fused-ring (bicyclic) bond motifs is 1. The van der Waals surface area contributed by atoms with Gasteiger partial charge in [0.25, 0.3) is 0 Å². The summed E-state index contributed by atoms with van der Waals surface area (Å²) in [5, 5.41) is 13.0. The molecule has 0 spiro atoms. The number of benzene rings is 1. The first-order chi connectivity index (χ1) is 17.8. The van der Waals surface area contributed by atoms with Crippen LogP contribution in [0.1, 0.15) is 41.1 Å². The predicted octanol–water partition coefficient (Wildman–Crippen LogP) is 5.29. The minimum Gasteiger partial charge on any atom is -0.462 e.